The van der Waals surface area contributed by atoms with Crippen LogP contribution < -0.4 is 5.32 Å². The van der Waals surface area contributed by atoms with Gasteiger partial charge in [0.2, 0.25) is 0 Å². The van der Waals surface area contributed by atoms with Crippen molar-refractivity contribution in [1.82, 2.24) is 5.32 Å². The van der Waals surface area contributed by atoms with Crippen LogP contribution in [0.3, 0.4) is 0 Å². The second kappa shape index (κ2) is 3.02. The van der Waals surface area contributed by atoms with Crippen molar-refractivity contribution in [3.05, 3.63) is 0 Å². The molecule has 0 aromatic heterocycles. The van der Waals surface area contributed by atoms with Gasteiger partial charge in [-0.1, -0.05) is 20.3 Å². The van der Waals surface area contributed by atoms with Crippen LogP contribution in [0.5, 0.6) is 0 Å². The zero-order chi connectivity index (χ0) is 8.72. The van der Waals surface area contributed by atoms with Crippen LogP contribution in [-0.4, -0.2) is 13.1 Å². The van der Waals surface area contributed by atoms with E-state index in [1.807, 2.05) is 0 Å². The van der Waals surface area contributed by atoms with Crippen molar-refractivity contribution in [2.24, 2.45) is 23.7 Å². The average Bonchev–Trinajstić information content (AvgIpc) is 2.82. The van der Waals surface area contributed by atoms with Gasteiger partial charge >= 0.3 is 0 Å². The molecule has 0 saturated heterocycles. The van der Waals surface area contributed by atoms with Crippen LogP contribution in [0.2, 0.25) is 0 Å². The van der Waals surface area contributed by atoms with E-state index in [-0.39, 0.29) is 0 Å². The molecule has 2 aliphatic carbocycles. The molecule has 0 aliphatic heterocycles. The number of nitrogens with one attached hydrogen (secondary N) is 1. The number of rotatable bonds is 2. The van der Waals surface area contributed by atoms with Gasteiger partial charge in [0.1, 0.15) is 0 Å². The van der Waals surface area contributed by atoms with Gasteiger partial charge in [0.05, 0.1) is 0 Å². The van der Waals surface area contributed by atoms with Crippen LogP contribution in [0.4, 0.5) is 0 Å². The molecule has 0 aromatic rings. The predicted octanol–water partition coefficient (Wildman–Crippen LogP) is 2.28. The lowest BCUT2D eigenvalue weighted by Gasteiger charge is -2.33. The molecule has 0 amide bonds. The standard InChI is InChI=1S/C11H21N/c1-4-8-5-7(2)11(12-3)10-6-9(8)10/h7-12H,4-6H2,1-3H3. The van der Waals surface area contributed by atoms with Gasteiger partial charge in [0.25, 0.3) is 0 Å². The highest BCUT2D eigenvalue weighted by atomic mass is 14.9. The van der Waals surface area contributed by atoms with Gasteiger partial charge in [-0.05, 0) is 43.6 Å². The maximum absolute atomic E-state index is 3.49. The third kappa shape index (κ3) is 1.19. The van der Waals surface area contributed by atoms with Gasteiger partial charge in [-0.3, -0.25) is 0 Å². The molecule has 12 heavy (non-hydrogen) atoms. The van der Waals surface area contributed by atoms with E-state index in [2.05, 4.69) is 26.2 Å². The molecule has 2 aliphatic rings. The Kier molecular flexibility index (Phi) is 2.16. The van der Waals surface area contributed by atoms with Crippen LogP contribution in [-0.2, 0) is 0 Å². The normalized spacial score (nSPS) is 51.8. The minimum atomic E-state index is 0.831. The first-order valence-electron chi connectivity index (χ1n) is 5.45. The summed E-state index contributed by atoms with van der Waals surface area (Å²) in [4.78, 5) is 0. The maximum atomic E-state index is 3.49. The van der Waals surface area contributed by atoms with Crippen molar-refractivity contribution >= 4 is 0 Å². The highest BCUT2D eigenvalue weighted by molar-refractivity contribution is 5.03. The summed E-state index contributed by atoms with van der Waals surface area (Å²) in [7, 11) is 2.13. The Morgan fingerprint density at radius 3 is 2.58 bits per heavy atom. The van der Waals surface area contributed by atoms with Crippen molar-refractivity contribution in [1.29, 1.82) is 0 Å². The predicted molar refractivity (Wildman–Crippen MR) is 52.0 cm³/mol. The van der Waals surface area contributed by atoms with Gasteiger partial charge in [0, 0.05) is 6.04 Å². The lowest BCUT2D eigenvalue weighted by Crippen LogP contribution is -2.39. The molecule has 0 aromatic carbocycles. The molecule has 5 unspecified atom stereocenters. The number of fused-ring (bicyclic) bond motifs is 1. The Morgan fingerprint density at radius 1 is 1.25 bits per heavy atom. The molecule has 0 radical (unpaired) electrons. The van der Waals surface area contributed by atoms with E-state index >= 15 is 0 Å². The summed E-state index contributed by atoms with van der Waals surface area (Å²) in [5, 5.41) is 3.49. The molecule has 5 atom stereocenters. The van der Waals surface area contributed by atoms with Gasteiger partial charge in [-0.2, -0.15) is 0 Å². The minimum Gasteiger partial charge on any atom is -0.316 e. The highest BCUT2D eigenvalue weighted by Gasteiger charge is 2.51. The fraction of sp³-hybridized carbons (Fsp3) is 1.00. The topological polar surface area (TPSA) is 12.0 Å². The third-order valence-electron chi connectivity index (χ3n) is 4.10. The summed E-state index contributed by atoms with van der Waals surface area (Å²) in [6.07, 6.45) is 4.37. The van der Waals surface area contributed by atoms with Crippen LogP contribution in [0.25, 0.3) is 0 Å². The first kappa shape index (κ1) is 8.55. The van der Waals surface area contributed by atoms with E-state index in [4.69, 9.17) is 0 Å². The molecule has 2 saturated carbocycles. The van der Waals surface area contributed by atoms with E-state index < -0.39 is 0 Å². The molecular weight excluding hydrogens is 146 g/mol. The average molecular weight is 167 g/mol. The molecular formula is C11H21N. The molecule has 0 heterocycles. The summed E-state index contributed by atoms with van der Waals surface area (Å²) < 4.78 is 0. The SMILES string of the molecule is CCC1CC(C)C(NC)C2CC12. The molecule has 1 nitrogen and oxygen atoms in total. The Morgan fingerprint density at radius 2 is 2.00 bits per heavy atom. The van der Waals surface area contributed by atoms with Gasteiger partial charge in [-0.15, -0.1) is 0 Å². The quantitative estimate of drug-likeness (QED) is 0.665. The summed E-state index contributed by atoms with van der Waals surface area (Å²) in [5.41, 5.74) is 0. The summed E-state index contributed by atoms with van der Waals surface area (Å²) in [5.74, 6) is 4.07. The summed E-state index contributed by atoms with van der Waals surface area (Å²) in [6.45, 7) is 4.77. The molecule has 0 spiro atoms. The van der Waals surface area contributed by atoms with Crippen molar-refractivity contribution in [3.63, 3.8) is 0 Å². The van der Waals surface area contributed by atoms with E-state index in [0.29, 0.717) is 0 Å². The van der Waals surface area contributed by atoms with E-state index in [0.717, 1.165) is 29.7 Å². The second-order valence-electron chi connectivity index (χ2n) is 4.76. The van der Waals surface area contributed by atoms with Crippen molar-refractivity contribution in [2.45, 2.75) is 39.2 Å². The lowest BCUT2D eigenvalue weighted by atomic mass is 9.78. The van der Waals surface area contributed by atoms with Crippen LogP contribution in [0.15, 0.2) is 0 Å². The number of hydrogen-bond acceptors (Lipinski definition) is 1. The first-order valence-corrected chi connectivity index (χ1v) is 5.45. The Hall–Kier alpha value is -0.0400. The zero-order valence-corrected chi connectivity index (χ0v) is 8.51. The van der Waals surface area contributed by atoms with Gasteiger partial charge < -0.3 is 5.32 Å². The Labute approximate surface area is 75.9 Å². The fourth-order valence-electron chi connectivity index (χ4n) is 3.38. The van der Waals surface area contributed by atoms with Crippen molar-refractivity contribution in [2.75, 3.05) is 7.05 Å². The molecule has 2 fully saturated rings. The zero-order valence-electron chi connectivity index (χ0n) is 8.51. The summed E-state index contributed by atoms with van der Waals surface area (Å²) >= 11 is 0. The van der Waals surface area contributed by atoms with Crippen LogP contribution in [0, 0.1) is 23.7 Å². The molecule has 2 rings (SSSR count). The lowest BCUT2D eigenvalue weighted by molar-refractivity contribution is 0.206. The van der Waals surface area contributed by atoms with Gasteiger partial charge in [-0.25, -0.2) is 0 Å². The third-order valence-corrected chi connectivity index (χ3v) is 4.10. The molecule has 0 bridgehead atoms. The summed E-state index contributed by atoms with van der Waals surface area (Å²) in [6, 6.07) is 0.831. The molecule has 1 heteroatoms. The molecule has 70 valence electrons. The Bertz CT molecular complexity index is 164. The van der Waals surface area contributed by atoms with Crippen LogP contribution in [0.1, 0.15) is 33.1 Å². The number of hydrogen-bond donors (Lipinski definition) is 1. The van der Waals surface area contributed by atoms with E-state index in [1.165, 1.54) is 19.3 Å². The van der Waals surface area contributed by atoms with Crippen molar-refractivity contribution in [3.8, 4) is 0 Å². The smallest absolute Gasteiger partial charge is 0.0121 e. The van der Waals surface area contributed by atoms with Gasteiger partial charge in [0.15, 0.2) is 0 Å². The van der Waals surface area contributed by atoms with E-state index in [9.17, 15) is 0 Å². The first-order chi connectivity index (χ1) is 5.77. The van der Waals surface area contributed by atoms with Crippen molar-refractivity contribution < 1.29 is 0 Å². The monoisotopic (exact) mass is 167 g/mol. The molecule has 1 N–H and O–H groups in total. The van der Waals surface area contributed by atoms with Crippen LogP contribution >= 0.6 is 0 Å². The Balaban J connectivity index is 2.00. The second-order valence-corrected chi connectivity index (χ2v) is 4.76. The minimum absolute atomic E-state index is 0.831. The fourth-order valence-corrected chi connectivity index (χ4v) is 3.38. The highest BCUT2D eigenvalue weighted by Crippen LogP contribution is 2.55. The van der Waals surface area contributed by atoms with E-state index in [1.54, 1.807) is 0 Å². The maximum Gasteiger partial charge on any atom is 0.0121 e. The largest absolute Gasteiger partial charge is 0.316 e.